The van der Waals surface area contributed by atoms with Crippen LogP contribution in [0.4, 0.5) is 10.5 Å². The first-order valence-electron chi connectivity index (χ1n) is 8.94. The monoisotopic (exact) mass is 340 g/mol. The maximum atomic E-state index is 12.5. The van der Waals surface area contributed by atoms with E-state index in [1.807, 2.05) is 31.3 Å². The molecule has 2 fully saturated rings. The Morgan fingerprint density at radius 2 is 1.96 bits per heavy atom. The molecule has 1 aromatic rings. The van der Waals surface area contributed by atoms with E-state index in [1.165, 1.54) is 5.57 Å². The lowest BCUT2D eigenvalue weighted by molar-refractivity contribution is 0.142. The van der Waals surface area contributed by atoms with Crippen molar-refractivity contribution >= 4 is 17.4 Å². The maximum absolute atomic E-state index is 12.5. The van der Waals surface area contributed by atoms with Crippen molar-refractivity contribution in [3.8, 4) is 0 Å². The number of hydrogen-bond donors (Lipinski definition) is 2. The van der Waals surface area contributed by atoms with Crippen molar-refractivity contribution in [2.45, 2.75) is 38.2 Å². The Bertz CT molecular complexity index is 753. The van der Waals surface area contributed by atoms with Crippen molar-refractivity contribution in [3.63, 3.8) is 0 Å². The van der Waals surface area contributed by atoms with Gasteiger partial charge in [0.1, 0.15) is 0 Å². The Morgan fingerprint density at radius 3 is 2.72 bits per heavy atom. The average molecular weight is 340 g/mol. The first kappa shape index (κ1) is 16.1. The summed E-state index contributed by atoms with van der Waals surface area (Å²) >= 11 is 0. The lowest BCUT2D eigenvalue weighted by atomic mass is 9.79. The number of aliphatic hydroxyl groups excluding tert-OH is 1. The number of aliphatic hydroxyl groups is 1. The lowest BCUT2D eigenvalue weighted by Gasteiger charge is -2.33. The fraction of sp³-hybridized carbons (Fsp3) is 0.474. The van der Waals surface area contributed by atoms with Crippen LogP contribution in [0.5, 0.6) is 0 Å². The van der Waals surface area contributed by atoms with Gasteiger partial charge in [-0.3, -0.25) is 0 Å². The van der Waals surface area contributed by atoms with Crippen LogP contribution in [-0.2, 0) is 0 Å². The number of benzene rings is 1. The summed E-state index contributed by atoms with van der Waals surface area (Å²) in [6.45, 7) is 0.617. The van der Waals surface area contributed by atoms with E-state index in [9.17, 15) is 9.90 Å². The molecular weight excluding hydrogens is 316 g/mol. The second-order valence-corrected chi connectivity index (χ2v) is 7.21. The van der Waals surface area contributed by atoms with Gasteiger partial charge in [0.25, 0.3) is 0 Å². The van der Waals surface area contributed by atoms with Crippen molar-refractivity contribution in [2.24, 2.45) is 11.0 Å². The van der Waals surface area contributed by atoms with Crippen molar-refractivity contribution in [3.05, 3.63) is 41.1 Å². The molecule has 2 aliphatic heterocycles. The number of nitrogens with zero attached hydrogens (tertiary/aromatic N) is 3. The minimum atomic E-state index is -0.245. The van der Waals surface area contributed by atoms with Crippen LogP contribution in [0.3, 0.4) is 0 Å². The number of hydrogen-bond acceptors (Lipinski definition) is 4. The number of nitrogen functional groups attached to an aromatic ring is 1. The maximum Gasteiger partial charge on any atom is 0.345 e. The van der Waals surface area contributed by atoms with Gasteiger partial charge in [-0.1, -0.05) is 12.1 Å². The number of amides is 2. The van der Waals surface area contributed by atoms with E-state index in [4.69, 9.17) is 10.8 Å². The summed E-state index contributed by atoms with van der Waals surface area (Å²) in [6, 6.07) is 7.60. The van der Waals surface area contributed by atoms with Gasteiger partial charge in [-0.15, -0.1) is 0 Å². The summed E-state index contributed by atoms with van der Waals surface area (Å²) in [5.41, 5.74) is 10.8. The molecule has 0 aromatic heterocycles. The molecule has 3 aliphatic rings. The molecule has 25 heavy (non-hydrogen) atoms. The van der Waals surface area contributed by atoms with Crippen LogP contribution < -0.4 is 5.73 Å². The summed E-state index contributed by atoms with van der Waals surface area (Å²) in [6.07, 6.45) is 4.04. The summed E-state index contributed by atoms with van der Waals surface area (Å²) in [4.78, 5) is 14.2. The Balaban J connectivity index is 1.79. The summed E-state index contributed by atoms with van der Waals surface area (Å²) in [5, 5.41) is 16.4. The molecule has 0 radical (unpaired) electrons. The molecule has 2 atom stereocenters. The largest absolute Gasteiger partial charge is 0.399 e. The predicted molar refractivity (Wildman–Crippen MR) is 96.9 cm³/mol. The molecule has 0 spiro atoms. The number of allylic oxidation sites excluding steroid dienone is 1. The molecule has 2 amide bonds. The summed E-state index contributed by atoms with van der Waals surface area (Å²) < 4.78 is 0. The van der Waals surface area contributed by atoms with Crippen molar-refractivity contribution in [1.29, 1.82) is 0 Å². The van der Waals surface area contributed by atoms with Gasteiger partial charge in [0.2, 0.25) is 0 Å². The molecule has 0 bridgehead atoms. The van der Waals surface area contributed by atoms with Gasteiger partial charge < -0.3 is 15.7 Å². The summed E-state index contributed by atoms with van der Waals surface area (Å²) in [5.74, 6) is 0.157. The molecule has 6 heteroatoms. The van der Waals surface area contributed by atoms with Crippen LogP contribution in [0.1, 0.15) is 37.7 Å². The number of carbonyl (C=O) groups is 1. The number of likely N-dealkylation sites (N-methyl/N-ethyl adjacent to an activating group) is 1. The highest BCUT2D eigenvalue weighted by atomic mass is 16.3. The normalized spacial score (nSPS) is 26.8. The molecule has 3 N–H and O–H groups in total. The van der Waals surface area contributed by atoms with Crippen LogP contribution in [0, 0.1) is 5.92 Å². The molecule has 2 heterocycles. The van der Waals surface area contributed by atoms with Gasteiger partial charge in [-0.2, -0.15) is 10.1 Å². The van der Waals surface area contributed by atoms with Gasteiger partial charge in [-0.05, 0) is 55.4 Å². The Hall–Kier alpha value is -2.34. The van der Waals surface area contributed by atoms with Gasteiger partial charge in [-0.25, -0.2) is 4.79 Å². The van der Waals surface area contributed by atoms with E-state index in [1.54, 1.807) is 9.91 Å². The highest BCUT2D eigenvalue weighted by Crippen LogP contribution is 2.39. The molecule has 1 saturated heterocycles. The topological polar surface area (TPSA) is 82.2 Å². The molecular formula is C19H24N4O2. The molecule has 1 aliphatic carbocycles. The minimum Gasteiger partial charge on any atom is -0.399 e. The van der Waals surface area contributed by atoms with Crippen molar-refractivity contribution in [2.75, 3.05) is 19.3 Å². The quantitative estimate of drug-likeness (QED) is 0.771. The summed E-state index contributed by atoms with van der Waals surface area (Å²) in [7, 11) is 1.81. The average Bonchev–Trinajstić information content (AvgIpc) is 2.86. The van der Waals surface area contributed by atoms with E-state index < -0.39 is 0 Å². The van der Waals surface area contributed by atoms with Gasteiger partial charge in [0, 0.05) is 18.7 Å². The molecule has 6 nitrogen and oxygen atoms in total. The molecule has 1 saturated carbocycles. The first-order chi connectivity index (χ1) is 12.0. The molecule has 4 rings (SSSR count). The van der Waals surface area contributed by atoms with Crippen LogP contribution in [-0.4, -0.2) is 46.5 Å². The highest BCUT2D eigenvalue weighted by molar-refractivity contribution is 6.05. The number of carbonyl (C=O) groups excluding carboxylic acids is 1. The first-order valence-corrected chi connectivity index (χ1v) is 8.94. The molecule has 2 unspecified atom stereocenters. The van der Waals surface area contributed by atoms with Gasteiger partial charge >= 0.3 is 6.03 Å². The molecule has 1 aromatic carbocycles. The van der Waals surface area contributed by atoms with E-state index in [0.29, 0.717) is 12.2 Å². The standard InChI is InChI=1S/C19H24N4O2/c1-22-11-17-15-4-2-3-14(24)9-10-16(15)18(21-23(17)19(22)25)12-5-7-13(20)8-6-12/h5-8,14,16,24H,2-4,9-11,20H2,1H3. The number of hydrazone groups is 1. The van der Waals surface area contributed by atoms with Crippen LogP contribution >= 0.6 is 0 Å². The van der Waals surface area contributed by atoms with Crippen LogP contribution in [0.2, 0.25) is 0 Å². The third-order valence-corrected chi connectivity index (χ3v) is 5.46. The Morgan fingerprint density at radius 1 is 1.20 bits per heavy atom. The number of anilines is 1. The van der Waals surface area contributed by atoms with Crippen molar-refractivity contribution < 1.29 is 9.90 Å². The Kier molecular flexibility index (Phi) is 4.00. The Labute approximate surface area is 147 Å². The number of rotatable bonds is 1. The van der Waals surface area contributed by atoms with E-state index in [-0.39, 0.29) is 18.1 Å². The lowest BCUT2D eigenvalue weighted by Crippen LogP contribution is -2.34. The minimum absolute atomic E-state index is 0.0732. The zero-order valence-electron chi connectivity index (χ0n) is 14.5. The second kappa shape index (κ2) is 6.19. The van der Waals surface area contributed by atoms with Crippen LogP contribution in [0.15, 0.2) is 40.6 Å². The van der Waals surface area contributed by atoms with E-state index >= 15 is 0 Å². The SMILES string of the molecule is CN1CC2=C3CCCC(O)CCC3C(c3ccc(N)cc3)=NN2C1=O. The third kappa shape index (κ3) is 2.80. The molecule has 132 valence electrons. The number of nitrogens with two attached hydrogens (primary N) is 1. The van der Waals surface area contributed by atoms with E-state index in [2.05, 4.69) is 0 Å². The highest BCUT2D eigenvalue weighted by Gasteiger charge is 2.40. The predicted octanol–water partition coefficient (Wildman–Crippen LogP) is 2.55. The number of fused-ring (bicyclic) bond motifs is 2. The smallest absolute Gasteiger partial charge is 0.345 e. The van der Waals surface area contributed by atoms with Crippen LogP contribution in [0.25, 0.3) is 0 Å². The number of urea groups is 1. The van der Waals surface area contributed by atoms with Gasteiger partial charge in [0.05, 0.1) is 24.1 Å². The zero-order valence-corrected chi connectivity index (χ0v) is 14.5. The van der Waals surface area contributed by atoms with E-state index in [0.717, 1.165) is 49.1 Å². The zero-order chi connectivity index (χ0) is 17.6. The fourth-order valence-electron chi connectivity index (χ4n) is 4.09. The van der Waals surface area contributed by atoms with Gasteiger partial charge in [0.15, 0.2) is 0 Å². The van der Waals surface area contributed by atoms with Crippen molar-refractivity contribution in [1.82, 2.24) is 9.91 Å². The fourth-order valence-corrected chi connectivity index (χ4v) is 4.09. The third-order valence-electron chi connectivity index (χ3n) is 5.46. The second-order valence-electron chi connectivity index (χ2n) is 7.21.